The summed E-state index contributed by atoms with van der Waals surface area (Å²) in [7, 11) is 0. The largest absolute Gasteiger partial charge is 0.311 e. The van der Waals surface area contributed by atoms with Crippen molar-refractivity contribution < 1.29 is 0 Å². The second-order valence-corrected chi connectivity index (χ2v) is 6.28. The van der Waals surface area contributed by atoms with E-state index in [-0.39, 0.29) is 0 Å². The summed E-state index contributed by atoms with van der Waals surface area (Å²) < 4.78 is 0. The van der Waals surface area contributed by atoms with E-state index >= 15 is 0 Å². The Bertz CT molecular complexity index is 362. The van der Waals surface area contributed by atoms with E-state index in [0.717, 1.165) is 26.1 Å². The van der Waals surface area contributed by atoms with Crippen LogP contribution in [-0.2, 0) is 6.42 Å². The fourth-order valence-corrected chi connectivity index (χ4v) is 3.52. The van der Waals surface area contributed by atoms with Crippen LogP contribution in [0.25, 0.3) is 0 Å². The quantitative estimate of drug-likeness (QED) is 0.889. The molecule has 2 heterocycles. The fourth-order valence-electron chi connectivity index (χ4n) is 2.58. The van der Waals surface area contributed by atoms with Crippen LogP contribution in [-0.4, -0.2) is 35.6 Å². The SMILES string of the molecule is CCCC1CN(C(C)c2ncc(CC)s2)CCN1. The Hall–Kier alpha value is -0.450. The van der Waals surface area contributed by atoms with Crippen molar-refractivity contribution in [3.8, 4) is 0 Å². The average molecular weight is 267 g/mol. The van der Waals surface area contributed by atoms with Gasteiger partial charge in [0.15, 0.2) is 0 Å². The summed E-state index contributed by atoms with van der Waals surface area (Å²) in [6.45, 7) is 10.2. The lowest BCUT2D eigenvalue weighted by Crippen LogP contribution is -2.51. The van der Waals surface area contributed by atoms with E-state index in [1.807, 2.05) is 17.5 Å². The van der Waals surface area contributed by atoms with Crippen LogP contribution in [0, 0.1) is 0 Å². The molecule has 102 valence electrons. The van der Waals surface area contributed by atoms with Gasteiger partial charge in [-0.15, -0.1) is 11.3 Å². The van der Waals surface area contributed by atoms with Crippen LogP contribution in [0.4, 0.5) is 0 Å². The Balaban J connectivity index is 1.97. The van der Waals surface area contributed by atoms with Gasteiger partial charge in [-0.25, -0.2) is 4.98 Å². The Morgan fingerprint density at radius 3 is 3.06 bits per heavy atom. The number of aromatic nitrogens is 1. The highest BCUT2D eigenvalue weighted by Gasteiger charge is 2.24. The number of aryl methyl sites for hydroxylation is 1. The van der Waals surface area contributed by atoms with Crippen LogP contribution in [0.15, 0.2) is 6.20 Å². The maximum Gasteiger partial charge on any atom is 0.110 e. The zero-order valence-electron chi connectivity index (χ0n) is 11.8. The molecule has 0 saturated carbocycles. The van der Waals surface area contributed by atoms with Crippen LogP contribution in [0.1, 0.15) is 49.5 Å². The Morgan fingerprint density at radius 1 is 1.56 bits per heavy atom. The molecule has 2 unspecified atom stereocenters. The number of nitrogens with zero attached hydrogens (tertiary/aromatic N) is 2. The van der Waals surface area contributed by atoms with Crippen molar-refractivity contribution in [2.45, 2.75) is 52.1 Å². The van der Waals surface area contributed by atoms with Gasteiger partial charge in [-0.3, -0.25) is 4.90 Å². The van der Waals surface area contributed by atoms with E-state index in [1.165, 1.54) is 22.7 Å². The van der Waals surface area contributed by atoms with Crippen LogP contribution < -0.4 is 5.32 Å². The molecular weight excluding hydrogens is 242 g/mol. The van der Waals surface area contributed by atoms with Gasteiger partial charge in [-0.1, -0.05) is 20.3 Å². The molecule has 1 N–H and O–H groups in total. The molecule has 1 saturated heterocycles. The van der Waals surface area contributed by atoms with Crippen LogP contribution in [0.5, 0.6) is 0 Å². The van der Waals surface area contributed by atoms with Gasteiger partial charge in [0.1, 0.15) is 5.01 Å². The second-order valence-electron chi connectivity index (χ2n) is 5.13. The van der Waals surface area contributed by atoms with Crippen LogP contribution >= 0.6 is 11.3 Å². The molecular formula is C14H25N3S. The molecule has 0 spiro atoms. The summed E-state index contributed by atoms with van der Waals surface area (Å²) in [5.41, 5.74) is 0. The highest BCUT2D eigenvalue weighted by Crippen LogP contribution is 2.26. The number of nitrogens with one attached hydrogen (secondary N) is 1. The topological polar surface area (TPSA) is 28.2 Å². The Morgan fingerprint density at radius 2 is 2.39 bits per heavy atom. The highest BCUT2D eigenvalue weighted by atomic mass is 32.1. The molecule has 1 aromatic heterocycles. The molecule has 3 nitrogen and oxygen atoms in total. The van der Waals surface area contributed by atoms with Crippen molar-refractivity contribution in [2.75, 3.05) is 19.6 Å². The summed E-state index contributed by atoms with van der Waals surface area (Å²) in [5.74, 6) is 0. The summed E-state index contributed by atoms with van der Waals surface area (Å²) in [5, 5.41) is 4.90. The van der Waals surface area contributed by atoms with Crippen molar-refractivity contribution in [2.24, 2.45) is 0 Å². The van der Waals surface area contributed by atoms with Gasteiger partial charge in [0, 0.05) is 36.8 Å². The predicted molar refractivity (Wildman–Crippen MR) is 78.2 cm³/mol. The molecule has 0 amide bonds. The molecule has 2 atom stereocenters. The predicted octanol–water partition coefficient (Wildman–Crippen LogP) is 2.84. The van der Waals surface area contributed by atoms with Gasteiger partial charge in [-0.2, -0.15) is 0 Å². The fraction of sp³-hybridized carbons (Fsp3) is 0.786. The van der Waals surface area contributed by atoms with Gasteiger partial charge in [0.05, 0.1) is 6.04 Å². The molecule has 0 bridgehead atoms. The van der Waals surface area contributed by atoms with E-state index in [9.17, 15) is 0 Å². The monoisotopic (exact) mass is 267 g/mol. The standard InChI is InChI=1S/C14H25N3S/c1-4-6-12-10-17(8-7-15-12)11(3)14-16-9-13(5-2)18-14/h9,11-12,15H,4-8,10H2,1-3H3. The minimum atomic E-state index is 0.469. The summed E-state index contributed by atoms with van der Waals surface area (Å²) in [6, 6.07) is 1.13. The first-order chi connectivity index (χ1) is 8.74. The molecule has 0 aromatic carbocycles. The van der Waals surface area contributed by atoms with Gasteiger partial charge in [0.2, 0.25) is 0 Å². The van der Waals surface area contributed by atoms with Gasteiger partial charge >= 0.3 is 0 Å². The smallest absolute Gasteiger partial charge is 0.110 e. The van der Waals surface area contributed by atoms with Crippen LogP contribution in [0.2, 0.25) is 0 Å². The lowest BCUT2D eigenvalue weighted by atomic mass is 10.1. The molecule has 0 aliphatic carbocycles. The number of piperazine rings is 1. The zero-order chi connectivity index (χ0) is 13.0. The Labute approximate surface area is 115 Å². The van der Waals surface area contributed by atoms with Crippen molar-refractivity contribution >= 4 is 11.3 Å². The number of hydrogen-bond acceptors (Lipinski definition) is 4. The minimum absolute atomic E-state index is 0.469. The van der Waals surface area contributed by atoms with E-state index in [2.05, 4.69) is 36.0 Å². The maximum atomic E-state index is 4.59. The zero-order valence-corrected chi connectivity index (χ0v) is 12.6. The molecule has 1 aliphatic rings. The summed E-state index contributed by atoms with van der Waals surface area (Å²) in [4.78, 5) is 8.57. The number of thiazole rings is 1. The summed E-state index contributed by atoms with van der Waals surface area (Å²) in [6.07, 6.45) is 5.69. The molecule has 1 fully saturated rings. The van der Waals surface area contributed by atoms with Gasteiger partial charge in [0.25, 0.3) is 0 Å². The van der Waals surface area contributed by atoms with E-state index in [1.54, 1.807) is 0 Å². The highest BCUT2D eigenvalue weighted by molar-refractivity contribution is 7.11. The first kappa shape index (κ1) is 14.0. The normalized spacial score (nSPS) is 23.2. The van der Waals surface area contributed by atoms with E-state index in [4.69, 9.17) is 0 Å². The van der Waals surface area contributed by atoms with Gasteiger partial charge in [-0.05, 0) is 19.8 Å². The van der Waals surface area contributed by atoms with Crippen molar-refractivity contribution in [1.29, 1.82) is 0 Å². The summed E-state index contributed by atoms with van der Waals surface area (Å²) >= 11 is 1.88. The molecule has 18 heavy (non-hydrogen) atoms. The first-order valence-corrected chi connectivity index (χ1v) is 7.98. The molecule has 2 rings (SSSR count). The van der Waals surface area contributed by atoms with Crippen molar-refractivity contribution in [1.82, 2.24) is 15.2 Å². The maximum absolute atomic E-state index is 4.59. The van der Waals surface area contributed by atoms with Crippen molar-refractivity contribution in [3.63, 3.8) is 0 Å². The number of rotatable bonds is 5. The second kappa shape index (κ2) is 6.64. The third-order valence-corrected chi connectivity index (χ3v) is 5.06. The van der Waals surface area contributed by atoms with E-state index in [0.29, 0.717) is 12.1 Å². The molecule has 1 aliphatic heterocycles. The lowest BCUT2D eigenvalue weighted by Gasteiger charge is -2.36. The Kier molecular flexibility index (Phi) is 5.15. The van der Waals surface area contributed by atoms with Crippen LogP contribution in [0.3, 0.4) is 0 Å². The molecule has 0 radical (unpaired) electrons. The lowest BCUT2D eigenvalue weighted by molar-refractivity contribution is 0.149. The first-order valence-electron chi connectivity index (χ1n) is 7.16. The third kappa shape index (κ3) is 3.31. The van der Waals surface area contributed by atoms with Gasteiger partial charge < -0.3 is 5.32 Å². The number of hydrogen-bond donors (Lipinski definition) is 1. The average Bonchev–Trinajstić information content (AvgIpc) is 2.87. The molecule has 1 aromatic rings. The molecule has 4 heteroatoms. The third-order valence-electron chi connectivity index (χ3n) is 3.75. The van der Waals surface area contributed by atoms with E-state index < -0.39 is 0 Å². The minimum Gasteiger partial charge on any atom is -0.311 e. The van der Waals surface area contributed by atoms with Crippen molar-refractivity contribution in [3.05, 3.63) is 16.1 Å².